The maximum Gasteiger partial charge on any atom is 0.356 e. The lowest BCUT2D eigenvalue weighted by atomic mass is 10.1. The number of aliphatic hydroxyl groups is 2. The van der Waals surface area contributed by atoms with Crippen LogP contribution >= 0.6 is 11.6 Å². The fraction of sp³-hybridized carbons (Fsp3) is 0.750. The van der Waals surface area contributed by atoms with Crippen LogP contribution in [0, 0.1) is 0 Å². The van der Waals surface area contributed by atoms with Crippen LogP contribution in [0.4, 0.5) is 0 Å². The van der Waals surface area contributed by atoms with Gasteiger partial charge < -0.3 is 19.9 Å². The van der Waals surface area contributed by atoms with Crippen molar-refractivity contribution >= 4 is 17.6 Å². The van der Waals surface area contributed by atoms with Crippen LogP contribution < -0.4 is 0 Å². The monoisotopic (exact) mass is 387 g/mol. The summed E-state index contributed by atoms with van der Waals surface area (Å²) in [6.45, 7) is 1.54. The topological polar surface area (TPSA) is 82.6 Å². The number of nitrogens with one attached hydrogen (secondary N) is 1. The fourth-order valence-corrected chi connectivity index (χ4v) is 3.12. The van der Waals surface area contributed by atoms with E-state index in [1.807, 2.05) is 0 Å². The third-order valence-electron chi connectivity index (χ3n) is 4.45. The van der Waals surface area contributed by atoms with Crippen molar-refractivity contribution < 1.29 is 19.7 Å². The summed E-state index contributed by atoms with van der Waals surface area (Å²) in [6, 6.07) is 1.76. The van der Waals surface area contributed by atoms with Gasteiger partial charge in [-0.1, -0.05) is 76.3 Å². The number of rotatable bonds is 15. The number of halogens is 1. The molecule has 0 fully saturated rings. The standard InChI is InChI=1S/C20H34ClNO4/c1-2-3-4-5-6-7-8-9-10-11-12-16-13-18(21)19(22-16)20(25)26-15-17(24)14-23/h13,17,22-24H,2-12,14-15H2,1H3. The van der Waals surface area contributed by atoms with Gasteiger partial charge in [-0.05, 0) is 18.9 Å². The lowest BCUT2D eigenvalue weighted by Crippen LogP contribution is -2.22. The van der Waals surface area contributed by atoms with Crippen molar-refractivity contribution in [3.63, 3.8) is 0 Å². The molecule has 0 aliphatic carbocycles. The molecule has 1 aromatic heterocycles. The summed E-state index contributed by atoms with van der Waals surface area (Å²) in [5.74, 6) is -0.614. The van der Waals surface area contributed by atoms with E-state index in [0.29, 0.717) is 5.02 Å². The Hall–Kier alpha value is -1.04. The predicted molar refractivity (Wildman–Crippen MR) is 105 cm³/mol. The summed E-state index contributed by atoms with van der Waals surface area (Å²) in [4.78, 5) is 14.9. The third kappa shape index (κ3) is 9.60. The molecule has 0 aliphatic rings. The summed E-state index contributed by atoms with van der Waals surface area (Å²) >= 11 is 6.08. The van der Waals surface area contributed by atoms with E-state index in [2.05, 4.69) is 11.9 Å². The van der Waals surface area contributed by atoms with Crippen LogP contribution in [-0.2, 0) is 11.2 Å². The van der Waals surface area contributed by atoms with Gasteiger partial charge in [0.2, 0.25) is 0 Å². The highest BCUT2D eigenvalue weighted by molar-refractivity contribution is 6.33. The summed E-state index contributed by atoms with van der Waals surface area (Å²) in [5.41, 5.74) is 1.13. The number of hydrogen-bond acceptors (Lipinski definition) is 4. The molecule has 0 bridgehead atoms. The SMILES string of the molecule is CCCCCCCCCCCCc1cc(Cl)c(C(=O)OCC(O)CO)[nH]1. The van der Waals surface area contributed by atoms with Crippen LogP contribution in [0.3, 0.4) is 0 Å². The van der Waals surface area contributed by atoms with Crippen molar-refractivity contribution in [2.24, 2.45) is 0 Å². The van der Waals surface area contributed by atoms with Crippen LogP contribution in [0.5, 0.6) is 0 Å². The minimum atomic E-state index is -1.07. The number of aromatic amines is 1. The fourth-order valence-electron chi connectivity index (χ4n) is 2.86. The van der Waals surface area contributed by atoms with E-state index in [1.54, 1.807) is 6.07 Å². The Labute approximate surface area is 162 Å². The average molecular weight is 388 g/mol. The van der Waals surface area contributed by atoms with Gasteiger partial charge >= 0.3 is 5.97 Å². The molecule has 0 saturated carbocycles. The van der Waals surface area contributed by atoms with Crippen molar-refractivity contribution in [1.82, 2.24) is 4.98 Å². The van der Waals surface area contributed by atoms with Crippen LogP contribution in [0.2, 0.25) is 5.02 Å². The highest BCUT2D eigenvalue weighted by atomic mass is 35.5. The molecule has 1 aromatic rings. The molecule has 150 valence electrons. The second-order valence-electron chi connectivity index (χ2n) is 6.88. The Morgan fingerprint density at radius 2 is 1.69 bits per heavy atom. The second kappa shape index (κ2) is 14.1. The molecule has 0 amide bonds. The Balaban J connectivity index is 2.17. The van der Waals surface area contributed by atoms with Gasteiger partial charge in [0.25, 0.3) is 0 Å². The predicted octanol–water partition coefficient (Wildman–Crippen LogP) is 4.64. The van der Waals surface area contributed by atoms with Crippen molar-refractivity contribution in [1.29, 1.82) is 0 Å². The molecule has 0 radical (unpaired) electrons. The molecule has 1 atom stereocenters. The number of carbonyl (C=O) groups excluding carboxylic acids is 1. The molecule has 0 aliphatic heterocycles. The van der Waals surface area contributed by atoms with Gasteiger partial charge in [-0.25, -0.2) is 4.79 Å². The highest BCUT2D eigenvalue weighted by Gasteiger charge is 2.17. The summed E-state index contributed by atoms with van der Waals surface area (Å²) in [6.07, 6.45) is 12.6. The van der Waals surface area contributed by atoms with Crippen molar-refractivity contribution in [3.8, 4) is 0 Å². The molecule has 5 nitrogen and oxygen atoms in total. The van der Waals surface area contributed by atoms with E-state index in [-0.39, 0.29) is 12.3 Å². The van der Waals surface area contributed by atoms with Crippen molar-refractivity contribution in [2.45, 2.75) is 83.7 Å². The zero-order valence-corrected chi connectivity index (χ0v) is 16.7. The highest BCUT2D eigenvalue weighted by Crippen LogP contribution is 2.20. The first-order valence-electron chi connectivity index (χ1n) is 9.91. The third-order valence-corrected chi connectivity index (χ3v) is 4.74. The van der Waals surface area contributed by atoms with E-state index in [4.69, 9.17) is 21.4 Å². The summed E-state index contributed by atoms with van der Waals surface area (Å²) < 4.78 is 4.92. The maximum absolute atomic E-state index is 11.9. The number of aliphatic hydroxyl groups excluding tert-OH is 2. The van der Waals surface area contributed by atoms with E-state index >= 15 is 0 Å². The van der Waals surface area contributed by atoms with E-state index in [0.717, 1.165) is 18.5 Å². The van der Waals surface area contributed by atoms with Gasteiger partial charge in [-0.2, -0.15) is 0 Å². The normalized spacial score (nSPS) is 12.3. The number of aryl methyl sites for hydroxylation is 1. The number of hydrogen-bond donors (Lipinski definition) is 3. The maximum atomic E-state index is 11.9. The zero-order chi connectivity index (χ0) is 19.2. The largest absolute Gasteiger partial charge is 0.458 e. The van der Waals surface area contributed by atoms with Gasteiger partial charge in [0.15, 0.2) is 0 Å². The number of H-pyrrole nitrogens is 1. The molecule has 0 aromatic carbocycles. The molecule has 0 saturated heterocycles. The van der Waals surface area contributed by atoms with Crippen molar-refractivity contribution in [3.05, 3.63) is 22.5 Å². The molecule has 1 unspecified atom stereocenters. The zero-order valence-electron chi connectivity index (χ0n) is 15.9. The molecule has 6 heteroatoms. The molecular weight excluding hydrogens is 354 g/mol. The lowest BCUT2D eigenvalue weighted by Gasteiger charge is -2.07. The smallest absolute Gasteiger partial charge is 0.356 e. The molecule has 1 rings (SSSR count). The minimum Gasteiger partial charge on any atom is -0.458 e. The van der Waals surface area contributed by atoms with E-state index < -0.39 is 18.7 Å². The average Bonchev–Trinajstić information content (AvgIpc) is 3.01. The first-order valence-corrected chi connectivity index (χ1v) is 10.3. The Morgan fingerprint density at radius 3 is 2.27 bits per heavy atom. The number of ether oxygens (including phenoxy) is 1. The number of esters is 1. The van der Waals surface area contributed by atoms with Crippen molar-refractivity contribution in [2.75, 3.05) is 13.2 Å². The van der Waals surface area contributed by atoms with Gasteiger partial charge in [0.05, 0.1) is 11.6 Å². The quantitative estimate of drug-likeness (QED) is 0.302. The second-order valence-corrected chi connectivity index (χ2v) is 7.29. The first-order chi connectivity index (χ1) is 12.6. The van der Waals surface area contributed by atoms with Gasteiger partial charge in [0.1, 0.15) is 18.4 Å². The van der Waals surface area contributed by atoms with Gasteiger partial charge in [0, 0.05) is 5.69 Å². The molecule has 3 N–H and O–H groups in total. The number of aromatic nitrogens is 1. The molecular formula is C20H34ClNO4. The van der Waals surface area contributed by atoms with E-state index in [1.165, 1.54) is 57.8 Å². The molecule has 26 heavy (non-hydrogen) atoms. The lowest BCUT2D eigenvalue weighted by molar-refractivity contribution is 0.00894. The number of carbonyl (C=O) groups is 1. The van der Waals surface area contributed by atoms with Crippen LogP contribution in [0.25, 0.3) is 0 Å². The van der Waals surface area contributed by atoms with Crippen LogP contribution in [-0.4, -0.2) is 40.5 Å². The van der Waals surface area contributed by atoms with Gasteiger partial charge in [-0.15, -0.1) is 0 Å². The summed E-state index contributed by atoms with van der Waals surface area (Å²) in [5, 5.41) is 18.3. The minimum absolute atomic E-state index is 0.207. The Bertz CT molecular complexity index is 504. The Morgan fingerprint density at radius 1 is 1.12 bits per heavy atom. The van der Waals surface area contributed by atoms with Crippen LogP contribution in [0.15, 0.2) is 6.07 Å². The molecule has 0 spiro atoms. The van der Waals surface area contributed by atoms with Gasteiger partial charge in [-0.3, -0.25) is 0 Å². The first kappa shape index (κ1) is 23.0. The van der Waals surface area contributed by atoms with Crippen LogP contribution in [0.1, 0.15) is 87.3 Å². The van der Waals surface area contributed by atoms with E-state index in [9.17, 15) is 9.90 Å². The Kier molecular flexibility index (Phi) is 12.4. The number of unbranched alkanes of at least 4 members (excludes halogenated alkanes) is 9. The molecule has 1 heterocycles. The summed E-state index contributed by atoms with van der Waals surface area (Å²) in [7, 11) is 0.